The van der Waals surface area contributed by atoms with Gasteiger partial charge in [-0.05, 0) is 44.2 Å². The van der Waals surface area contributed by atoms with Crippen LogP contribution in [-0.4, -0.2) is 22.9 Å². The highest BCUT2D eigenvalue weighted by Gasteiger charge is 2.07. The second kappa shape index (κ2) is 5.64. The van der Waals surface area contributed by atoms with E-state index in [0.717, 1.165) is 30.0 Å². The van der Waals surface area contributed by atoms with Gasteiger partial charge < -0.3 is 11.1 Å². The maximum atomic E-state index is 12.9. The van der Waals surface area contributed by atoms with Crippen LogP contribution in [0.4, 0.5) is 10.1 Å². The standard InChI is InChI=1S/C13H17FN4/c1-10-13(16-8-2-7-15)9-17-18(10)12-5-3-11(14)4-6-12/h3-6,9,16H,2,7-8,15H2,1H3. The van der Waals surface area contributed by atoms with Gasteiger partial charge in [-0.1, -0.05) is 0 Å². The van der Waals surface area contributed by atoms with Crippen molar-refractivity contribution >= 4 is 5.69 Å². The zero-order chi connectivity index (χ0) is 13.0. The second-order valence-corrected chi connectivity index (χ2v) is 4.10. The van der Waals surface area contributed by atoms with E-state index in [4.69, 9.17) is 5.73 Å². The molecule has 1 aromatic carbocycles. The highest BCUT2D eigenvalue weighted by Crippen LogP contribution is 2.18. The smallest absolute Gasteiger partial charge is 0.123 e. The maximum Gasteiger partial charge on any atom is 0.123 e. The molecule has 5 heteroatoms. The molecule has 0 amide bonds. The lowest BCUT2D eigenvalue weighted by Gasteiger charge is -2.07. The van der Waals surface area contributed by atoms with Crippen LogP contribution < -0.4 is 11.1 Å². The van der Waals surface area contributed by atoms with Crippen LogP contribution in [0.2, 0.25) is 0 Å². The molecule has 0 atom stereocenters. The van der Waals surface area contributed by atoms with E-state index >= 15 is 0 Å². The first-order valence-corrected chi connectivity index (χ1v) is 5.97. The Morgan fingerprint density at radius 2 is 2.06 bits per heavy atom. The minimum absolute atomic E-state index is 0.246. The van der Waals surface area contributed by atoms with E-state index in [-0.39, 0.29) is 5.82 Å². The van der Waals surface area contributed by atoms with Crippen molar-refractivity contribution in [2.24, 2.45) is 5.73 Å². The van der Waals surface area contributed by atoms with Crippen LogP contribution >= 0.6 is 0 Å². The van der Waals surface area contributed by atoms with Crippen molar-refractivity contribution in [2.45, 2.75) is 13.3 Å². The average Bonchev–Trinajstić information content (AvgIpc) is 2.73. The molecule has 18 heavy (non-hydrogen) atoms. The number of nitrogens with one attached hydrogen (secondary N) is 1. The van der Waals surface area contributed by atoms with Crippen molar-refractivity contribution < 1.29 is 4.39 Å². The molecule has 1 heterocycles. The molecule has 2 aromatic rings. The minimum atomic E-state index is -0.246. The number of anilines is 1. The van der Waals surface area contributed by atoms with Crippen molar-refractivity contribution in [1.82, 2.24) is 9.78 Å². The lowest BCUT2D eigenvalue weighted by atomic mass is 10.3. The molecule has 0 radical (unpaired) electrons. The summed E-state index contributed by atoms with van der Waals surface area (Å²) in [6.45, 7) is 3.46. The predicted octanol–water partition coefficient (Wildman–Crippen LogP) is 2.08. The molecule has 1 aromatic heterocycles. The summed E-state index contributed by atoms with van der Waals surface area (Å²) >= 11 is 0. The van der Waals surface area contributed by atoms with Gasteiger partial charge in [0.05, 0.1) is 23.3 Å². The van der Waals surface area contributed by atoms with Crippen LogP contribution in [0.25, 0.3) is 5.69 Å². The summed E-state index contributed by atoms with van der Waals surface area (Å²) in [5.41, 5.74) is 8.27. The molecule has 0 unspecified atom stereocenters. The number of aromatic nitrogens is 2. The molecule has 0 saturated heterocycles. The molecule has 96 valence electrons. The maximum absolute atomic E-state index is 12.9. The van der Waals surface area contributed by atoms with Crippen LogP contribution in [0, 0.1) is 12.7 Å². The average molecular weight is 248 g/mol. The third kappa shape index (κ3) is 2.68. The fourth-order valence-electron chi connectivity index (χ4n) is 1.75. The largest absolute Gasteiger partial charge is 0.382 e. The van der Waals surface area contributed by atoms with Gasteiger partial charge in [0, 0.05) is 6.54 Å². The number of benzene rings is 1. The van der Waals surface area contributed by atoms with Gasteiger partial charge in [-0.25, -0.2) is 9.07 Å². The van der Waals surface area contributed by atoms with Crippen molar-refractivity contribution in [1.29, 1.82) is 0 Å². The summed E-state index contributed by atoms with van der Waals surface area (Å²) in [7, 11) is 0. The molecule has 0 aliphatic carbocycles. The van der Waals surface area contributed by atoms with E-state index in [0.29, 0.717) is 6.54 Å². The zero-order valence-corrected chi connectivity index (χ0v) is 10.4. The van der Waals surface area contributed by atoms with E-state index < -0.39 is 0 Å². The quantitative estimate of drug-likeness (QED) is 0.796. The van der Waals surface area contributed by atoms with Crippen molar-refractivity contribution in [3.63, 3.8) is 0 Å². The van der Waals surface area contributed by atoms with E-state index in [1.165, 1.54) is 12.1 Å². The molecule has 2 rings (SSSR count). The number of hydrogen-bond donors (Lipinski definition) is 2. The SMILES string of the molecule is Cc1c(NCCCN)cnn1-c1ccc(F)cc1. The molecule has 3 N–H and O–H groups in total. The summed E-state index contributed by atoms with van der Waals surface area (Å²) in [6, 6.07) is 6.27. The highest BCUT2D eigenvalue weighted by molar-refractivity contribution is 5.49. The lowest BCUT2D eigenvalue weighted by molar-refractivity contribution is 0.627. The first kappa shape index (κ1) is 12.6. The Bertz CT molecular complexity index is 504. The third-order valence-corrected chi connectivity index (χ3v) is 2.78. The third-order valence-electron chi connectivity index (χ3n) is 2.78. The summed E-state index contributed by atoms with van der Waals surface area (Å²) in [5.74, 6) is -0.246. The van der Waals surface area contributed by atoms with Crippen LogP contribution in [0.1, 0.15) is 12.1 Å². The van der Waals surface area contributed by atoms with Crippen molar-refractivity contribution in [3.05, 3.63) is 42.0 Å². The van der Waals surface area contributed by atoms with Gasteiger partial charge in [-0.15, -0.1) is 0 Å². The Kier molecular flexibility index (Phi) is 3.94. The summed E-state index contributed by atoms with van der Waals surface area (Å²) in [5, 5.41) is 7.57. The van der Waals surface area contributed by atoms with E-state index in [1.807, 2.05) is 6.92 Å². The summed E-state index contributed by atoms with van der Waals surface area (Å²) in [6.07, 6.45) is 2.69. The topological polar surface area (TPSA) is 55.9 Å². The Hall–Kier alpha value is -1.88. The lowest BCUT2D eigenvalue weighted by Crippen LogP contribution is -2.09. The Balaban J connectivity index is 2.17. The molecule has 0 spiro atoms. The monoisotopic (exact) mass is 248 g/mol. The first-order valence-electron chi connectivity index (χ1n) is 5.97. The minimum Gasteiger partial charge on any atom is -0.382 e. The molecule has 0 aliphatic heterocycles. The van der Waals surface area contributed by atoms with Gasteiger partial charge >= 0.3 is 0 Å². The number of hydrogen-bond acceptors (Lipinski definition) is 3. The normalized spacial score (nSPS) is 10.6. The van der Waals surface area contributed by atoms with Gasteiger partial charge in [0.2, 0.25) is 0 Å². The molecular weight excluding hydrogens is 231 g/mol. The van der Waals surface area contributed by atoms with Gasteiger partial charge in [0.1, 0.15) is 5.82 Å². The Morgan fingerprint density at radius 1 is 1.33 bits per heavy atom. The summed E-state index contributed by atoms with van der Waals surface area (Å²) in [4.78, 5) is 0. The van der Waals surface area contributed by atoms with E-state index in [2.05, 4.69) is 10.4 Å². The van der Waals surface area contributed by atoms with Gasteiger partial charge in [-0.2, -0.15) is 5.10 Å². The van der Waals surface area contributed by atoms with E-state index in [1.54, 1.807) is 23.0 Å². The molecule has 0 saturated carbocycles. The van der Waals surface area contributed by atoms with Crippen LogP contribution in [0.15, 0.2) is 30.5 Å². The Morgan fingerprint density at radius 3 is 2.72 bits per heavy atom. The van der Waals surface area contributed by atoms with E-state index in [9.17, 15) is 4.39 Å². The first-order chi connectivity index (χ1) is 8.72. The van der Waals surface area contributed by atoms with Crippen molar-refractivity contribution in [2.75, 3.05) is 18.4 Å². The van der Waals surface area contributed by atoms with Crippen LogP contribution in [0.5, 0.6) is 0 Å². The molecule has 0 fully saturated rings. The number of nitrogens with two attached hydrogens (primary N) is 1. The van der Waals surface area contributed by atoms with Gasteiger partial charge in [-0.3, -0.25) is 0 Å². The summed E-state index contributed by atoms with van der Waals surface area (Å²) < 4.78 is 14.6. The van der Waals surface area contributed by atoms with Gasteiger partial charge in [0.25, 0.3) is 0 Å². The fourth-order valence-corrected chi connectivity index (χ4v) is 1.75. The highest BCUT2D eigenvalue weighted by atomic mass is 19.1. The molecule has 4 nitrogen and oxygen atoms in total. The molecule has 0 aliphatic rings. The van der Waals surface area contributed by atoms with Crippen molar-refractivity contribution in [3.8, 4) is 5.69 Å². The number of halogens is 1. The number of rotatable bonds is 5. The van der Waals surface area contributed by atoms with Crippen LogP contribution in [-0.2, 0) is 0 Å². The predicted molar refractivity (Wildman–Crippen MR) is 70.4 cm³/mol. The van der Waals surface area contributed by atoms with Gasteiger partial charge in [0.15, 0.2) is 0 Å². The second-order valence-electron chi connectivity index (χ2n) is 4.10. The molecule has 0 bridgehead atoms. The fraction of sp³-hybridized carbons (Fsp3) is 0.308. The Labute approximate surface area is 106 Å². The zero-order valence-electron chi connectivity index (χ0n) is 10.4. The number of nitrogens with zero attached hydrogens (tertiary/aromatic N) is 2. The van der Waals surface area contributed by atoms with Crippen LogP contribution in [0.3, 0.4) is 0 Å². The molecular formula is C13H17FN4.